The predicted molar refractivity (Wildman–Crippen MR) is 111 cm³/mol. The molecule has 0 saturated carbocycles. The standard InChI is InChI=1S/C19H19N3O3S3/c1-10-2-4-14-11(6-10)7-16(28-14)18-21-22-19(25-18)26-9-13(23)15-5-3-12(27-15)8-17(20)24/h3,5,7,10H,2,4,6,8-9H2,1H3,(H2,20,24). The Kier molecular flexibility index (Phi) is 5.65. The lowest BCUT2D eigenvalue weighted by molar-refractivity contribution is -0.117. The lowest BCUT2D eigenvalue weighted by atomic mass is 9.90. The Morgan fingerprint density at radius 3 is 3.00 bits per heavy atom. The van der Waals surface area contributed by atoms with Gasteiger partial charge in [0.1, 0.15) is 0 Å². The van der Waals surface area contributed by atoms with E-state index in [0.717, 1.165) is 28.5 Å². The molecule has 0 aliphatic heterocycles. The number of carbonyl (C=O) groups excluding carboxylic acids is 2. The summed E-state index contributed by atoms with van der Waals surface area (Å²) in [7, 11) is 0. The van der Waals surface area contributed by atoms with Gasteiger partial charge in [0.2, 0.25) is 5.91 Å². The van der Waals surface area contributed by atoms with Gasteiger partial charge in [-0.15, -0.1) is 32.9 Å². The highest BCUT2D eigenvalue weighted by atomic mass is 32.2. The average molecular weight is 434 g/mol. The minimum atomic E-state index is -0.404. The Labute approximate surface area is 174 Å². The number of nitrogens with zero attached hydrogens (tertiary/aromatic N) is 2. The number of nitrogens with two attached hydrogens (primary N) is 1. The molecule has 3 aromatic heterocycles. The zero-order chi connectivity index (χ0) is 19.7. The maximum atomic E-state index is 12.3. The van der Waals surface area contributed by atoms with Crippen LogP contribution in [0.5, 0.6) is 0 Å². The number of aromatic nitrogens is 2. The Balaban J connectivity index is 1.38. The minimum absolute atomic E-state index is 0.0361. The van der Waals surface area contributed by atoms with Gasteiger partial charge in [-0.1, -0.05) is 18.7 Å². The molecule has 4 rings (SSSR count). The highest BCUT2D eigenvalue weighted by molar-refractivity contribution is 7.99. The van der Waals surface area contributed by atoms with Crippen LogP contribution in [-0.2, 0) is 24.1 Å². The molecule has 0 spiro atoms. The van der Waals surface area contributed by atoms with Gasteiger partial charge in [0.05, 0.1) is 21.9 Å². The van der Waals surface area contributed by atoms with Gasteiger partial charge in [-0.05, 0) is 48.9 Å². The van der Waals surface area contributed by atoms with Crippen molar-refractivity contribution >= 4 is 46.1 Å². The molecule has 146 valence electrons. The van der Waals surface area contributed by atoms with E-state index < -0.39 is 5.91 Å². The fraction of sp³-hybridized carbons (Fsp3) is 0.368. The van der Waals surface area contributed by atoms with E-state index in [1.54, 1.807) is 23.5 Å². The van der Waals surface area contributed by atoms with Crippen molar-refractivity contribution in [3.8, 4) is 10.8 Å². The number of primary amides is 1. The van der Waals surface area contributed by atoms with Crippen molar-refractivity contribution in [3.63, 3.8) is 0 Å². The van der Waals surface area contributed by atoms with Crippen molar-refractivity contribution in [2.75, 3.05) is 5.75 Å². The van der Waals surface area contributed by atoms with Crippen molar-refractivity contribution in [2.24, 2.45) is 11.7 Å². The number of thioether (sulfide) groups is 1. The van der Waals surface area contributed by atoms with E-state index in [0.29, 0.717) is 16.0 Å². The molecular formula is C19H19N3O3S3. The first kappa shape index (κ1) is 19.4. The molecule has 9 heteroatoms. The molecule has 2 N–H and O–H groups in total. The molecule has 1 unspecified atom stereocenters. The van der Waals surface area contributed by atoms with E-state index in [2.05, 4.69) is 23.2 Å². The second-order valence-electron chi connectivity index (χ2n) is 6.90. The van der Waals surface area contributed by atoms with Crippen molar-refractivity contribution in [2.45, 2.75) is 37.8 Å². The van der Waals surface area contributed by atoms with Crippen LogP contribution in [0.4, 0.5) is 0 Å². The summed E-state index contributed by atoms with van der Waals surface area (Å²) in [6.07, 6.45) is 3.60. The monoisotopic (exact) mass is 433 g/mol. The summed E-state index contributed by atoms with van der Waals surface area (Å²) in [4.78, 5) is 27.1. The minimum Gasteiger partial charge on any atom is -0.410 e. The predicted octanol–water partition coefficient (Wildman–Crippen LogP) is 3.99. The van der Waals surface area contributed by atoms with Crippen molar-refractivity contribution in [1.82, 2.24) is 10.2 Å². The second kappa shape index (κ2) is 8.18. The molecule has 0 radical (unpaired) electrons. The number of aryl methyl sites for hydroxylation is 1. The van der Waals surface area contributed by atoms with Crippen LogP contribution in [0.15, 0.2) is 27.8 Å². The van der Waals surface area contributed by atoms with Crippen molar-refractivity contribution in [3.05, 3.63) is 38.4 Å². The van der Waals surface area contributed by atoms with Gasteiger partial charge in [0.15, 0.2) is 5.78 Å². The molecule has 3 heterocycles. The number of fused-ring (bicyclic) bond motifs is 1. The van der Waals surface area contributed by atoms with E-state index in [1.807, 2.05) is 0 Å². The number of thiophene rings is 2. The van der Waals surface area contributed by atoms with Gasteiger partial charge in [-0.25, -0.2) is 0 Å². The molecule has 1 amide bonds. The summed E-state index contributed by atoms with van der Waals surface area (Å²) < 4.78 is 5.76. The van der Waals surface area contributed by atoms with Crippen LogP contribution in [0.1, 0.15) is 38.3 Å². The number of carbonyl (C=O) groups is 2. The molecule has 0 fully saturated rings. The smallest absolute Gasteiger partial charge is 0.277 e. The molecule has 0 aromatic carbocycles. The Bertz CT molecular complexity index is 1020. The fourth-order valence-corrected chi connectivity index (χ4v) is 5.99. The van der Waals surface area contributed by atoms with Gasteiger partial charge < -0.3 is 10.2 Å². The van der Waals surface area contributed by atoms with E-state index in [9.17, 15) is 9.59 Å². The zero-order valence-electron chi connectivity index (χ0n) is 15.3. The first-order chi connectivity index (χ1) is 13.5. The normalized spacial score (nSPS) is 16.1. The third-order valence-corrected chi connectivity index (χ3v) is 7.73. The topological polar surface area (TPSA) is 99.1 Å². The first-order valence-corrected chi connectivity index (χ1v) is 11.6. The third kappa shape index (κ3) is 4.37. The number of amides is 1. The van der Waals surface area contributed by atoms with E-state index in [1.165, 1.54) is 40.0 Å². The Morgan fingerprint density at radius 1 is 1.32 bits per heavy atom. The maximum absolute atomic E-state index is 12.3. The van der Waals surface area contributed by atoms with Crippen LogP contribution in [0.2, 0.25) is 0 Å². The molecule has 0 bridgehead atoms. The maximum Gasteiger partial charge on any atom is 0.277 e. The SMILES string of the molecule is CC1CCc2sc(-c3nnc(SCC(=O)c4ccc(CC(N)=O)s4)o3)cc2C1. The lowest BCUT2D eigenvalue weighted by Gasteiger charge is -2.16. The fourth-order valence-electron chi connectivity index (χ4n) is 3.17. The van der Waals surface area contributed by atoms with Gasteiger partial charge >= 0.3 is 0 Å². The van der Waals surface area contributed by atoms with Crippen LogP contribution in [-0.4, -0.2) is 27.6 Å². The molecule has 28 heavy (non-hydrogen) atoms. The van der Waals surface area contributed by atoms with Crippen LogP contribution in [0.25, 0.3) is 10.8 Å². The number of Topliss-reactive ketones (excluding diaryl/α,β-unsaturated/α-hetero) is 1. The third-order valence-electron chi connectivity index (χ3n) is 4.56. The summed E-state index contributed by atoms with van der Waals surface area (Å²) in [5, 5.41) is 8.60. The van der Waals surface area contributed by atoms with Crippen molar-refractivity contribution in [1.29, 1.82) is 0 Å². The number of hydrogen-bond acceptors (Lipinski definition) is 8. The van der Waals surface area contributed by atoms with Gasteiger partial charge in [0, 0.05) is 9.75 Å². The van der Waals surface area contributed by atoms with Crippen molar-refractivity contribution < 1.29 is 14.0 Å². The number of hydrogen-bond donors (Lipinski definition) is 1. The highest BCUT2D eigenvalue weighted by Gasteiger charge is 2.21. The Hall–Kier alpha value is -1.97. The number of ketones is 1. The molecular weight excluding hydrogens is 414 g/mol. The van der Waals surface area contributed by atoms with Gasteiger partial charge in [-0.3, -0.25) is 9.59 Å². The highest BCUT2D eigenvalue weighted by Crippen LogP contribution is 2.37. The summed E-state index contributed by atoms with van der Waals surface area (Å²) in [5.41, 5.74) is 6.58. The molecule has 1 aliphatic carbocycles. The van der Waals surface area contributed by atoms with Crippen LogP contribution in [0, 0.1) is 5.92 Å². The lowest BCUT2D eigenvalue weighted by Crippen LogP contribution is -2.12. The largest absolute Gasteiger partial charge is 0.410 e. The van der Waals surface area contributed by atoms with Crippen LogP contribution in [0.3, 0.4) is 0 Å². The van der Waals surface area contributed by atoms with E-state index in [4.69, 9.17) is 10.2 Å². The molecule has 0 saturated heterocycles. The van der Waals surface area contributed by atoms with E-state index >= 15 is 0 Å². The summed E-state index contributed by atoms with van der Waals surface area (Å²) in [5.74, 6) is 0.998. The molecule has 1 atom stereocenters. The molecule has 3 aromatic rings. The van der Waals surface area contributed by atoms with Crippen LogP contribution < -0.4 is 5.73 Å². The zero-order valence-corrected chi connectivity index (χ0v) is 17.7. The Morgan fingerprint density at radius 2 is 2.18 bits per heavy atom. The molecule has 6 nitrogen and oxygen atoms in total. The van der Waals surface area contributed by atoms with E-state index in [-0.39, 0.29) is 18.0 Å². The second-order valence-corrected chi connectivity index (χ2v) is 10.1. The summed E-state index contributed by atoms with van der Waals surface area (Å²) in [6.45, 7) is 2.28. The summed E-state index contributed by atoms with van der Waals surface area (Å²) in [6, 6.07) is 5.65. The quantitative estimate of drug-likeness (QED) is 0.447. The van der Waals surface area contributed by atoms with Gasteiger partial charge in [0.25, 0.3) is 11.1 Å². The van der Waals surface area contributed by atoms with Crippen LogP contribution >= 0.6 is 34.4 Å². The average Bonchev–Trinajstić information content (AvgIpc) is 3.37. The first-order valence-electron chi connectivity index (χ1n) is 8.96. The summed E-state index contributed by atoms with van der Waals surface area (Å²) >= 11 is 4.24. The van der Waals surface area contributed by atoms with Gasteiger partial charge in [-0.2, -0.15) is 0 Å². The number of rotatable bonds is 7. The molecule has 1 aliphatic rings.